The molecule has 1 aromatic carbocycles. The van der Waals surface area contributed by atoms with Crippen LogP contribution in [0.3, 0.4) is 0 Å². The van der Waals surface area contributed by atoms with Gasteiger partial charge in [-0.05, 0) is 57.2 Å². The van der Waals surface area contributed by atoms with Gasteiger partial charge in [-0.2, -0.15) is 0 Å². The Balaban J connectivity index is 1.43. The van der Waals surface area contributed by atoms with Crippen molar-refractivity contribution in [1.29, 1.82) is 0 Å². The zero-order chi connectivity index (χ0) is 16.6. The summed E-state index contributed by atoms with van der Waals surface area (Å²) in [6.07, 6.45) is 7.31. The topological polar surface area (TPSA) is 32.8 Å². The number of hydrogen-bond acceptors (Lipinski definition) is 3. The average Bonchev–Trinajstić information content (AvgIpc) is 3.14. The fourth-order valence-corrected chi connectivity index (χ4v) is 3.88. The fourth-order valence-electron chi connectivity index (χ4n) is 3.88. The molecule has 0 spiro atoms. The summed E-state index contributed by atoms with van der Waals surface area (Å²) in [6, 6.07) is 10.5. The maximum absolute atomic E-state index is 12.6. The zero-order valence-electron chi connectivity index (χ0n) is 14.7. The maximum Gasteiger partial charge on any atom is 0.248 e. The number of likely N-dealkylation sites (tertiary alicyclic amines) is 2. The highest BCUT2D eigenvalue weighted by atomic mass is 16.5. The molecular weight excluding hydrogens is 300 g/mol. The standard InChI is InChI=1S/C20H30N2O2/c23-20(17-24-16-18-8-2-1-3-9-18)22-14-5-4-10-19(22)11-15-21-12-6-7-13-21/h1-3,8-9,19H,4-7,10-17H2/t19-/m0/s1. The lowest BCUT2D eigenvalue weighted by Crippen LogP contribution is -2.46. The van der Waals surface area contributed by atoms with Crippen LogP contribution in [0.1, 0.15) is 44.1 Å². The van der Waals surface area contributed by atoms with E-state index in [-0.39, 0.29) is 12.5 Å². The largest absolute Gasteiger partial charge is 0.367 e. The second-order valence-electron chi connectivity index (χ2n) is 7.05. The molecule has 24 heavy (non-hydrogen) atoms. The number of hydrogen-bond donors (Lipinski definition) is 0. The molecular formula is C20H30N2O2. The van der Waals surface area contributed by atoms with E-state index < -0.39 is 0 Å². The smallest absolute Gasteiger partial charge is 0.248 e. The minimum atomic E-state index is 0.164. The van der Waals surface area contributed by atoms with Gasteiger partial charge in [0.15, 0.2) is 0 Å². The summed E-state index contributed by atoms with van der Waals surface area (Å²) in [5, 5.41) is 0. The molecule has 0 aromatic heterocycles. The number of benzene rings is 1. The van der Waals surface area contributed by atoms with Gasteiger partial charge in [0.25, 0.3) is 0 Å². The molecule has 0 unspecified atom stereocenters. The number of nitrogens with zero attached hydrogens (tertiary/aromatic N) is 2. The first-order chi connectivity index (χ1) is 11.8. The summed E-state index contributed by atoms with van der Waals surface area (Å²) >= 11 is 0. The Morgan fingerprint density at radius 1 is 1.04 bits per heavy atom. The van der Waals surface area contributed by atoms with Crippen molar-refractivity contribution in [3.8, 4) is 0 Å². The molecule has 132 valence electrons. The molecule has 2 aliphatic heterocycles. The number of amides is 1. The van der Waals surface area contributed by atoms with Crippen molar-refractivity contribution in [1.82, 2.24) is 9.80 Å². The van der Waals surface area contributed by atoms with E-state index in [2.05, 4.69) is 9.80 Å². The second-order valence-corrected chi connectivity index (χ2v) is 7.05. The Labute approximate surface area is 145 Å². The van der Waals surface area contributed by atoms with E-state index in [1.807, 2.05) is 30.3 Å². The van der Waals surface area contributed by atoms with Crippen LogP contribution < -0.4 is 0 Å². The summed E-state index contributed by atoms with van der Waals surface area (Å²) in [5.74, 6) is 0.164. The van der Waals surface area contributed by atoms with Gasteiger partial charge < -0.3 is 14.5 Å². The summed E-state index contributed by atoms with van der Waals surface area (Å²) in [6.45, 7) is 5.23. The molecule has 4 nitrogen and oxygen atoms in total. The highest BCUT2D eigenvalue weighted by molar-refractivity contribution is 5.77. The number of carbonyl (C=O) groups excluding carboxylic acids is 1. The minimum Gasteiger partial charge on any atom is -0.367 e. The summed E-state index contributed by atoms with van der Waals surface area (Å²) < 4.78 is 5.66. The Morgan fingerprint density at radius 2 is 1.79 bits per heavy atom. The van der Waals surface area contributed by atoms with Crippen molar-refractivity contribution in [3.05, 3.63) is 35.9 Å². The Kier molecular flexibility index (Phi) is 6.67. The molecule has 0 aliphatic carbocycles. The molecule has 4 heteroatoms. The van der Waals surface area contributed by atoms with Gasteiger partial charge in [0.05, 0.1) is 6.61 Å². The SMILES string of the molecule is O=C(COCc1ccccc1)N1CCCC[C@H]1CCN1CCCC1. The van der Waals surface area contributed by atoms with E-state index in [4.69, 9.17) is 4.74 Å². The zero-order valence-corrected chi connectivity index (χ0v) is 14.7. The number of rotatable bonds is 7. The molecule has 0 radical (unpaired) electrons. The van der Waals surface area contributed by atoms with Crippen LogP contribution in [0.5, 0.6) is 0 Å². The van der Waals surface area contributed by atoms with Crippen molar-refractivity contribution in [2.45, 2.75) is 51.2 Å². The molecule has 1 aromatic rings. The van der Waals surface area contributed by atoms with Crippen LogP contribution in [0.2, 0.25) is 0 Å². The van der Waals surface area contributed by atoms with Crippen molar-refractivity contribution >= 4 is 5.91 Å². The monoisotopic (exact) mass is 330 g/mol. The van der Waals surface area contributed by atoms with Crippen molar-refractivity contribution in [2.24, 2.45) is 0 Å². The Morgan fingerprint density at radius 3 is 2.58 bits per heavy atom. The van der Waals surface area contributed by atoms with E-state index in [0.29, 0.717) is 12.6 Å². The maximum atomic E-state index is 12.6. The highest BCUT2D eigenvalue weighted by Gasteiger charge is 2.27. The molecule has 0 saturated carbocycles. The van der Waals surface area contributed by atoms with E-state index in [0.717, 1.165) is 37.9 Å². The number of carbonyl (C=O) groups is 1. The van der Waals surface area contributed by atoms with Crippen LogP contribution in [0.25, 0.3) is 0 Å². The van der Waals surface area contributed by atoms with Crippen molar-refractivity contribution in [3.63, 3.8) is 0 Å². The fraction of sp³-hybridized carbons (Fsp3) is 0.650. The minimum absolute atomic E-state index is 0.164. The van der Waals surface area contributed by atoms with Crippen LogP contribution >= 0.6 is 0 Å². The normalized spacial score (nSPS) is 22.0. The third-order valence-electron chi connectivity index (χ3n) is 5.26. The molecule has 1 atom stereocenters. The molecule has 0 N–H and O–H groups in total. The predicted molar refractivity (Wildman–Crippen MR) is 95.7 cm³/mol. The Bertz CT molecular complexity index is 500. The second kappa shape index (κ2) is 9.19. The summed E-state index contributed by atoms with van der Waals surface area (Å²) in [5.41, 5.74) is 1.12. The quantitative estimate of drug-likeness (QED) is 0.770. The van der Waals surface area contributed by atoms with E-state index in [1.54, 1.807) is 0 Å². The molecule has 1 amide bonds. The first kappa shape index (κ1) is 17.4. The van der Waals surface area contributed by atoms with Gasteiger partial charge >= 0.3 is 0 Å². The lowest BCUT2D eigenvalue weighted by molar-refractivity contribution is -0.140. The summed E-state index contributed by atoms with van der Waals surface area (Å²) in [4.78, 5) is 17.2. The molecule has 0 bridgehead atoms. The third kappa shape index (κ3) is 5.05. The van der Waals surface area contributed by atoms with Crippen LogP contribution in [0.15, 0.2) is 30.3 Å². The van der Waals surface area contributed by atoms with Crippen molar-refractivity contribution in [2.75, 3.05) is 32.8 Å². The predicted octanol–water partition coefficient (Wildman–Crippen LogP) is 3.07. The van der Waals surface area contributed by atoms with Crippen LogP contribution in [-0.2, 0) is 16.1 Å². The first-order valence-electron chi connectivity index (χ1n) is 9.46. The van der Waals surface area contributed by atoms with Gasteiger partial charge in [0.1, 0.15) is 6.61 Å². The molecule has 2 aliphatic rings. The average molecular weight is 330 g/mol. The Hall–Kier alpha value is -1.39. The molecule has 3 rings (SSSR count). The van der Waals surface area contributed by atoms with Gasteiger partial charge in [-0.25, -0.2) is 0 Å². The van der Waals surface area contributed by atoms with Crippen molar-refractivity contribution < 1.29 is 9.53 Å². The van der Waals surface area contributed by atoms with Gasteiger partial charge in [-0.15, -0.1) is 0 Å². The molecule has 2 heterocycles. The van der Waals surface area contributed by atoms with Gasteiger partial charge in [0.2, 0.25) is 5.91 Å². The highest BCUT2D eigenvalue weighted by Crippen LogP contribution is 2.21. The number of piperidine rings is 1. The lowest BCUT2D eigenvalue weighted by atomic mass is 9.99. The van der Waals surface area contributed by atoms with Gasteiger partial charge in [-0.3, -0.25) is 4.79 Å². The summed E-state index contributed by atoms with van der Waals surface area (Å²) in [7, 11) is 0. The lowest BCUT2D eigenvalue weighted by Gasteiger charge is -2.36. The van der Waals surface area contributed by atoms with E-state index in [9.17, 15) is 4.79 Å². The van der Waals surface area contributed by atoms with Crippen LogP contribution in [-0.4, -0.2) is 54.5 Å². The molecule has 2 saturated heterocycles. The van der Waals surface area contributed by atoms with Gasteiger partial charge in [0, 0.05) is 19.1 Å². The number of ether oxygens (including phenoxy) is 1. The van der Waals surface area contributed by atoms with Crippen LogP contribution in [0.4, 0.5) is 0 Å². The first-order valence-corrected chi connectivity index (χ1v) is 9.46. The molecule has 2 fully saturated rings. The van der Waals surface area contributed by atoms with Crippen LogP contribution in [0, 0.1) is 0 Å². The third-order valence-corrected chi connectivity index (χ3v) is 5.26. The van der Waals surface area contributed by atoms with E-state index >= 15 is 0 Å². The van der Waals surface area contributed by atoms with E-state index in [1.165, 1.54) is 32.4 Å². The van der Waals surface area contributed by atoms with Gasteiger partial charge in [-0.1, -0.05) is 30.3 Å².